The molecule has 8 aromatic rings. The minimum absolute atomic E-state index is 0.0879. The molecule has 4 heteroatoms. The van der Waals surface area contributed by atoms with Gasteiger partial charge in [0.15, 0.2) is 17.5 Å². The fraction of sp³-hybridized carbons (Fsp3) is 0.160. The summed E-state index contributed by atoms with van der Waals surface area (Å²) in [6.07, 6.45) is 4.21. The molecule has 0 radical (unpaired) electrons. The van der Waals surface area contributed by atoms with E-state index in [1.54, 1.807) is 0 Å². The van der Waals surface area contributed by atoms with Gasteiger partial charge in [0.05, 0.1) is 5.52 Å². The molecule has 262 valence electrons. The summed E-state index contributed by atoms with van der Waals surface area (Å²) in [7, 11) is 0. The molecule has 0 unspecified atom stereocenters. The fourth-order valence-electron chi connectivity index (χ4n) is 7.98. The number of fused-ring (bicyclic) bond motifs is 2. The van der Waals surface area contributed by atoms with Gasteiger partial charge in [-0.05, 0) is 86.9 Å². The lowest BCUT2D eigenvalue weighted by Crippen LogP contribution is -2.33. The van der Waals surface area contributed by atoms with Gasteiger partial charge in [0, 0.05) is 33.8 Å². The van der Waals surface area contributed by atoms with Crippen LogP contribution in [0, 0.1) is 0 Å². The summed E-state index contributed by atoms with van der Waals surface area (Å²) in [6.45, 7) is 9.53. The maximum atomic E-state index is 5.21. The molecule has 6 aromatic carbocycles. The molecule has 2 aromatic heterocycles. The van der Waals surface area contributed by atoms with Gasteiger partial charge in [-0.3, -0.25) is 4.98 Å². The second-order valence-electron chi connectivity index (χ2n) is 15.8. The molecule has 2 heterocycles. The highest BCUT2D eigenvalue weighted by Crippen LogP contribution is 2.47. The van der Waals surface area contributed by atoms with Crippen LogP contribution in [0.3, 0.4) is 0 Å². The van der Waals surface area contributed by atoms with Crippen LogP contribution in [-0.4, -0.2) is 19.9 Å². The Morgan fingerprint density at radius 1 is 0.389 bits per heavy atom. The average molecular weight is 699 g/mol. The predicted octanol–water partition coefficient (Wildman–Crippen LogP) is 12.8. The third-order valence-corrected chi connectivity index (χ3v) is 11.2. The number of nitrogens with zero attached hydrogens (tertiary/aromatic N) is 4. The van der Waals surface area contributed by atoms with Crippen LogP contribution < -0.4 is 0 Å². The van der Waals surface area contributed by atoms with Crippen LogP contribution in [0.15, 0.2) is 158 Å². The summed E-state index contributed by atoms with van der Waals surface area (Å²) in [5.74, 6) is 1.90. The van der Waals surface area contributed by atoms with Crippen LogP contribution in [0.1, 0.15) is 51.7 Å². The van der Waals surface area contributed by atoms with Gasteiger partial charge in [-0.25, -0.2) is 15.0 Å². The molecule has 0 atom stereocenters. The highest BCUT2D eigenvalue weighted by atomic mass is 15.0. The van der Waals surface area contributed by atoms with Crippen LogP contribution >= 0.6 is 0 Å². The van der Waals surface area contributed by atoms with Gasteiger partial charge in [-0.15, -0.1) is 0 Å². The van der Waals surface area contributed by atoms with Gasteiger partial charge < -0.3 is 0 Å². The van der Waals surface area contributed by atoms with Crippen LogP contribution in [0.2, 0.25) is 0 Å². The van der Waals surface area contributed by atoms with Crippen molar-refractivity contribution in [2.24, 2.45) is 0 Å². The van der Waals surface area contributed by atoms with Crippen molar-refractivity contribution in [3.63, 3.8) is 0 Å². The molecule has 9 rings (SSSR count). The Balaban J connectivity index is 1.25. The van der Waals surface area contributed by atoms with Crippen molar-refractivity contribution in [2.75, 3.05) is 0 Å². The molecule has 0 fully saturated rings. The largest absolute Gasteiger partial charge is 0.256 e. The molecule has 0 bridgehead atoms. The van der Waals surface area contributed by atoms with Crippen molar-refractivity contribution in [1.29, 1.82) is 0 Å². The maximum Gasteiger partial charge on any atom is 0.164 e. The lowest BCUT2D eigenvalue weighted by Gasteiger charge is -2.42. The van der Waals surface area contributed by atoms with Crippen molar-refractivity contribution in [3.05, 3.63) is 169 Å². The molecule has 1 aliphatic carbocycles. The van der Waals surface area contributed by atoms with Crippen molar-refractivity contribution in [2.45, 2.75) is 51.4 Å². The third-order valence-electron chi connectivity index (χ3n) is 11.2. The zero-order chi connectivity index (χ0) is 36.9. The van der Waals surface area contributed by atoms with Crippen molar-refractivity contribution in [3.8, 4) is 67.5 Å². The van der Waals surface area contributed by atoms with Gasteiger partial charge in [0.2, 0.25) is 0 Å². The molecular formula is C50H42N4. The molecule has 0 saturated carbocycles. The Hall–Kier alpha value is -6.26. The first-order chi connectivity index (χ1) is 26.2. The first-order valence-electron chi connectivity index (χ1n) is 18.8. The van der Waals surface area contributed by atoms with Crippen LogP contribution in [0.25, 0.3) is 78.4 Å². The minimum Gasteiger partial charge on any atom is -0.256 e. The Kier molecular flexibility index (Phi) is 8.27. The normalized spacial score (nSPS) is 14.4. The van der Waals surface area contributed by atoms with E-state index in [1.165, 1.54) is 28.7 Å². The summed E-state index contributed by atoms with van der Waals surface area (Å²) in [6, 6.07) is 53.5. The van der Waals surface area contributed by atoms with Crippen LogP contribution in [-0.2, 0) is 10.8 Å². The molecule has 0 aliphatic heterocycles. The van der Waals surface area contributed by atoms with Crippen LogP contribution in [0.5, 0.6) is 0 Å². The number of hydrogen-bond acceptors (Lipinski definition) is 4. The minimum atomic E-state index is 0.0879. The molecule has 0 spiro atoms. The van der Waals surface area contributed by atoms with Gasteiger partial charge in [0.25, 0.3) is 0 Å². The smallest absolute Gasteiger partial charge is 0.164 e. The van der Waals surface area contributed by atoms with E-state index in [-0.39, 0.29) is 10.8 Å². The number of benzene rings is 6. The number of rotatable bonds is 6. The number of aromatic nitrogens is 4. The monoisotopic (exact) mass is 698 g/mol. The highest BCUT2D eigenvalue weighted by Gasteiger charge is 2.37. The molecule has 0 saturated heterocycles. The molecule has 0 amide bonds. The number of para-hydroxylation sites is 1. The van der Waals surface area contributed by atoms with Crippen molar-refractivity contribution < 1.29 is 0 Å². The third kappa shape index (κ3) is 6.28. The van der Waals surface area contributed by atoms with Crippen LogP contribution in [0.4, 0.5) is 0 Å². The van der Waals surface area contributed by atoms with E-state index >= 15 is 0 Å². The molecular weight excluding hydrogens is 657 g/mol. The first-order valence-corrected chi connectivity index (χ1v) is 18.8. The predicted molar refractivity (Wildman–Crippen MR) is 223 cm³/mol. The highest BCUT2D eigenvalue weighted by molar-refractivity contribution is 5.95. The SMILES string of the molecule is CC1(C)CCC(C)(C)c2cc(-c3cc(-c4nc(-c5ccccc5)nc(-c5ccc(-c6ccccc6)cc5)n4)cc(-c4cccc5cccnc45)c3)ccc21. The molecule has 4 nitrogen and oxygen atoms in total. The Morgan fingerprint density at radius 2 is 0.907 bits per heavy atom. The summed E-state index contributed by atoms with van der Waals surface area (Å²) in [5, 5.41) is 1.10. The van der Waals surface area contributed by atoms with E-state index in [1.807, 2.05) is 36.5 Å². The quantitative estimate of drug-likeness (QED) is 0.173. The van der Waals surface area contributed by atoms with Gasteiger partial charge in [-0.1, -0.05) is 155 Å². The fourth-order valence-corrected chi connectivity index (χ4v) is 7.98. The lowest BCUT2D eigenvalue weighted by atomic mass is 9.63. The number of hydrogen-bond donors (Lipinski definition) is 0. The molecule has 54 heavy (non-hydrogen) atoms. The van der Waals surface area contributed by atoms with Gasteiger partial charge >= 0.3 is 0 Å². The van der Waals surface area contributed by atoms with Gasteiger partial charge in [0.1, 0.15) is 0 Å². The average Bonchev–Trinajstić information content (AvgIpc) is 3.22. The molecule has 0 N–H and O–H groups in total. The van der Waals surface area contributed by atoms with Gasteiger partial charge in [-0.2, -0.15) is 0 Å². The van der Waals surface area contributed by atoms with E-state index in [2.05, 4.69) is 149 Å². The zero-order valence-corrected chi connectivity index (χ0v) is 31.2. The Bertz CT molecular complexity index is 2640. The first kappa shape index (κ1) is 33.6. The maximum absolute atomic E-state index is 5.21. The van der Waals surface area contributed by atoms with E-state index in [4.69, 9.17) is 19.9 Å². The zero-order valence-electron chi connectivity index (χ0n) is 31.2. The second kappa shape index (κ2) is 13.3. The van der Waals surface area contributed by atoms with E-state index in [9.17, 15) is 0 Å². The topological polar surface area (TPSA) is 51.6 Å². The Morgan fingerprint density at radius 3 is 1.61 bits per heavy atom. The summed E-state index contributed by atoms with van der Waals surface area (Å²) < 4.78 is 0. The van der Waals surface area contributed by atoms with Crippen molar-refractivity contribution >= 4 is 10.9 Å². The Labute approximate surface area is 317 Å². The van der Waals surface area contributed by atoms with E-state index < -0.39 is 0 Å². The van der Waals surface area contributed by atoms with Crippen molar-refractivity contribution in [1.82, 2.24) is 19.9 Å². The summed E-state index contributed by atoms with van der Waals surface area (Å²) in [4.78, 5) is 20.3. The van der Waals surface area contributed by atoms with E-state index in [0.29, 0.717) is 17.5 Å². The summed E-state index contributed by atoms with van der Waals surface area (Å²) in [5.41, 5.74) is 13.6. The standard InChI is InChI=1S/C50H42N4/c1-49(2)26-27-50(3,4)44-32-38(24-25-43(44)49)39-29-40(42-19-11-17-35-18-12-28-51-45(35)42)31-41(30-39)48-53-46(36-15-9-6-10-16-36)52-47(54-48)37-22-20-34(21-23-37)33-13-7-5-8-14-33/h5-25,28-32H,26-27H2,1-4H3. The summed E-state index contributed by atoms with van der Waals surface area (Å²) >= 11 is 0. The molecule has 1 aliphatic rings. The lowest BCUT2D eigenvalue weighted by molar-refractivity contribution is 0.332. The number of pyridine rings is 1. The van der Waals surface area contributed by atoms with E-state index in [0.717, 1.165) is 56.3 Å². The second-order valence-corrected chi connectivity index (χ2v) is 15.8.